The third-order valence-corrected chi connectivity index (χ3v) is 6.76. The van der Waals surface area contributed by atoms with Crippen molar-refractivity contribution >= 4 is 21.6 Å². The summed E-state index contributed by atoms with van der Waals surface area (Å²) in [5.41, 5.74) is -0.00686. The number of halogens is 3. The Balaban J connectivity index is 1.84. The van der Waals surface area contributed by atoms with Gasteiger partial charge in [0.15, 0.2) is 0 Å². The largest absolute Gasteiger partial charge is 0.416 e. The van der Waals surface area contributed by atoms with Crippen molar-refractivity contribution in [3.05, 3.63) is 59.7 Å². The Kier molecular flexibility index (Phi) is 6.00. The highest BCUT2D eigenvalue weighted by Gasteiger charge is 2.38. The second-order valence-electron chi connectivity index (χ2n) is 7.01. The third-order valence-electron chi connectivity index (χ3n) is 4.84. The molecular weight excluding hydrogens is 405 g/mol. The minimum absolute atomic E-state index is 0.0249. The fourth-order valence-electron chi connectivity index (χ4n) is 3.30. The molecule has 2 aromatic rings. The quantitative estimate of drug-likeness (QED) is 0.797. The van der Waals surface area contributed by atoms with Crippen LogP contribution in [-0.2, 0) is 21.0 Å². The maximum Gasteiger partial charge on any atom is 0.416 e. The van der Waals surface area contributed by atoms with Crippen molar-refractivity contribution < 1.29 is 26.4 Å². The molecule has 0 saturated carbocycles. The summed E-state index contributed by atoms with van der Waals surface area (Å²) >= 11 is 0. The van der Waals surface area contributed by atoms with Gasteiger partial charge in [0.25, 0.3) is 0 Å². The van der Waals surface area contributed by atoms with Crippen molar-refractivity contribution in [3.63, 3.8) is 0 Å². The van der Waals surface area contributed by atoms with Gasteiger partial charge in [0.1, 0.15) is 6.04 Å². The van der Waals surface area contributed by atoms with Gasteiger partial charge in [-0.3, -0.25) is 4.79 Å². The highest BCUT2D eigenvalue weighted by atomic mass is 32.2. The average molecular weight is 426 g/mol. The Labute approximate surface area is 167 Å². The zero-order chi connectivity index (χ0) is 21.2. The van der Waals surface area contributed by atoms with Crippen molar-refractivity contribution in [2.24, 2.45) is 0 Å². The summed E-state index contributed by atoms with van der Waals surface area (Å²) in [4.78, 5) is 12.9. The fourth-order valence-corrected chi connectivity index (χ4v) is 4.96. The number of hydrogen-bond donors (Lipinski definition) is 1. The summed E-state index contributed by atoms with van der Waals surface area (Å²) in [6, 6.07) is 9.62. The Hall–Kier alpha value is -2.39. The van der Waals surface area contributed by atoms with Crippen LogP contribution in [0, 0.1) is 6.92 Å². The Morgan fingerprint density at radius 1 is 1.10 bits per heavy atom. The number of aryl methyl sites for hydroxylation is 1. The van der Waals surface area contributed by atoms with Gasteiger partial charge < -0.3 is 5.32 Å². The molecule has 1 amide bonds. The van der Waals surface area contributed by atoms with E-state index in [2.05, 4.69) is 5.32 Å². The molecule has 3 rings (SSSR count). The first kappa shape index (κ1) is 21.3. The molecular formula is C20H21F3N2O3S. The number of nitrogens with one attached hydrogen (secondary N) is 1. The molecule has 1 saturated heterocycles. The van der Waals surface area contributed by atoms with Crippen molar-refractivity contribution in [2.75, 3.05) is 11.9 Å². The minimum atomic E-state index is -4.54. The van der Waals surface area contributed by atoms with E-state index >= 15 is 0 Å². The first-order chi connectivity index (χ1) is 13.6. The lowest BCUT2D eigenvalue weighted by molar-refractivity contribution is -0.137. The monoisotopic (exact) mass is 426 g/mol. The predicted octanol–water partition coefficient (Wildman–Crippen LogP) is 4.20. The molecule has 1 heterocycles. The molecule has 1 aliphatic heterocycles. The van der Waals surface area contributed by atoms with Crippen LogP contribution >= 0.6 is 0 Å². The molecule has 2 aromatic carbocycles. The molecule has 0 spiro atoms. The summed E-state index contributed by atoms with van der Waals surface area (Å²) in [6.07, 6.45) is -2.97. The van der Waals surface area contributed by atoms with Crippen LogP contribution in [0.4, 0.5) is 18.9 Å². The number of rotatable bonds is 4. The van der Waals surface area contributed by atoms with Crippen LogP contribution in [0.5, 0.6) is 0 Å². The normalized spacial score (nSPS) is 18.4. The summed E-state index contributed by atoms with van der Waals surface area (Å²) < 4.78 is 65.9. The molecule has 5 nitrogen and oxygen atoms in total. The van der Waals surface area contributed by atoms with Crippen LogP contribution in [0.1, 0.15) is 30.4 Å². The number of piperidine rings is 1. The number of carbonyl (C=O) groups excluding carboxylic acids is 1. The van der Waals surface area contributed by atoms with Gasteiger partial charge in [0.2, 0.25) is 15.9 Å². The van der Waals surface area contributed by atoms with Crippen molar-refractivity contribution in [1.82, 2.24) is 4.31 Å². The number of hydrogen-bond acceptors (Lipinski definition) is 3. The zero-order valence-electron chi connectivity index (χ0n) is 15.7. The molecule has 156 valence electrons. The first-order valence-corrected chi connectivity index (χ1v) is 10.6. The highest BCUT2D eigenvalue weighted by Crippen LogP contribution is 2.31. The van der Waals surface area contributed by atoms with Gasteiger partial charge in [-0.25, -0.2) is 8.42 Å². The Bertz CT molecular complexity index is 989. The van der Waals surface area contributed by atoms with Crippen LogP contribution in [0.3, 0.4) is 0 Å². The number of alkyl halides is 3. The molecule has 1 N–H and O–H groups in total. The number of benzene rings is 2. The first-order valence-electron chi connectivity index (χ1n) is 9.16. The van der Waals surface area contributed by atoms with Crippen molar-refractivity contribution in [3.8, 4) is 0 Å². The van der Waals surface area contributed by atoms with Gasteiger partial charge in [-0.2, -0.15) is 17.5 Å². The smallest absolute Gasteiger partial charge is 0.325 e. The molecule has 29 heavy (non-hydrogen) atoms. The predicted molar refractivity (Wildman–Crippen MR) is 103 cm³/mol. The third kappa shape index (κ3) is 4.79. The highest BCUT2D eigenvalue weighted by molar-refractivity contribution is 7.89. The van der Waals surface area contributed by atoms with E-state index in [9.17, 15) is 26.4 Å². The van der Waals surface area contributed by atoms with Crippen LogP contribution in [-0.4, -0.2) is 31.2 Å². The standard InChI is InChI=1S/C20H21F3N2O3S/c1-14-8-10-17(11-9-14)29(27,28)25-12-3-2-7-18(25)19(26)24-16-6-4-5-15(13-16)20(21,22)23/h4-6,8-11,13,18H,2-3,7,12H2,1H3,(H,24,26)/t18-/m1/s1. The molecule has 0 aromatic heterocycles. The number of nitrogens with zero attached hydrogens (tertiary/aromatic N) is 1. The van der Waals surface area contributed by atoms with Gasteiger partial charge in [-0.15, -0.1) is 0 Å². The number of anilines is 1. The molecule has 0 bridgehead atoms. The van der Waals surface area contributed by atoms with Gasteiger partial charge >= 0.3 is 6.18 Å². The van der Waals surface area contributed by atoms with E-state index in [0.29, 0.717) is 19.3 Å². The van der Waals surface area contributed by atoms with Gasteiger partial charge in [0.05, 0.1) is 10.5 Å². The zero-order valence-corrected chi connectivity index (χ0v) is 16.6. The molecule has 0 aliphatic carbocycles. The van der Waals surface area contributed by atoms with Crippen LogP contribution < -0.4 is 5.32 Å². The van der Waals surface area contributed by atoms with Crippen molar-refractivity contribution in [2.45, 2.75) is 43.3 Å². The molecule has 0 unspecified atom stereocenters. The van der Waals surface area contributed by atoms with Gasteiger partial charge in [-0.05, 0) is 50.1 Å². The summed E-state index contributed by atoms with van der Waals surface area (Å²) in [5.74, 6) is -0.639. The molecule has 1 atom stereocenters. The maximum absolute atomic E-state index is 13.0. The molecule has 0 radical (unpaired) electrons. The van der Waals surface area contributed by atoms with E-state index in [1.54, 1.807) is 12.1 Å². The Morgan fingerprint density at radius 3 is 2.45 bits per heavy atom. The summed E-state index contributed by atoms with van der Waals surface area (Å²) in [5, 5.41) is 2.44. The van der Waals surface area contributed by atoms with Crippen LogP contribution in [0.15, 0.2) is 53.4 Å². The average Bonchev–Trinajstić information content (AvgIpc) is 2.68. The lowest BCUT2D eigenvalue weighted by atomic mass is 10.0. The van der Waals surface area contributed by atoms with E-state index < -0.39 is 33.7 Å². The van der Waals surface area contributed by atoms with Gasteiger partial charge in [-0.1, -0.05) is 30.2 Å². The number of sulfonamides is 1. The summed E-state index contributed by atoms with van der Waals surface area (Å²) in [7, 11) is -3.90. The summed E-state index contributed by atoms with van der Waals surface area (Å²) in [6.45, 7) is 2.01. The fraction of sp³-hybridized carbons (Fsp3) is 0.350. The van der Waals surface area contributed by atoms with E-state index in [-0.39, 0.29) is 17.1 Å². The van der Waals surface area contributed by atoms with Crippen molar-refractivity contribution in [1.29, 1.82) is 0 Å². The molecule has 1 aliphatic rings. The SMILES string of the molecule is Cc1ccc(S(=O)(=O)N2CCCC[C@@H]2C(=O)Nc2cccc(C(F)(F)F)c2)cc1. The van der Waals surface area contributed by atoms with E-state index in [1.807, 2.05) is 6.92 Å². The van der Waals surface area contributed by atoms with Gasteiger partial charge in [0, 0.05) is 12.2 Å². The Morgan fingerprint density at radius 2 is 1.79 bits per heavy atom. The second-order valence-corrected chi connectivity index (χ2v) is 8.90. The number of amides is 1. The van der Waals surface area contributed by atoms with E-state index in [4.69, 9.17) is 0 Å². The topological polar surface area (TPSA) is 66.5 Å². The van der Waals surface area contributed by atoms with E-state index in [0.717, 1.165) is 22.0 Å². The second kappa shape index (κ2) is 8.16. The lowest BCUT2D eigenvalue weighted by Gasteiger charge is -2.33. The van der Waals surface area contributed by atoms with Crippen LogP contribution in [0.2, 0.25) is 0 Å². The maximum atomic E-state index is 13.0. The number of carbonyl (C=O) groups is 1. The minimum Gasteiger partial charge on any atom is -0.325 e. The van der Waals surface area contributed by atoms with Crippen LogP contribution in [0.25, 0.3) is 0 Å². The lowest BCUT2D eigenvalue weighted by Crippen LogP contribution is -2.49. The van der Waals surface area contributed by atoms with E-state index in [1.165, 1.54) is 24.3 Å². The molecule has 9 heteroatoms. The molecule has 1 fully saturated rings.